The maximum atomic E-state index is 13.4. The van der Waals surface area contributed by atoms with Crippen molar-refractivity contribution in [2.24, 2.45) is 0 Å². The van der Waals surface area contributed by atoms with E-state index in [2.05, 4.69) is 0 Å². The summed E-state index contributed by atoms with van der Waals surface area (Å²) in [5, 5.41) is 19.4. The third-order valence-corrected chi connectivity index (χ3v) is 2.35. The van der Waals surface area contributed by atoms with Gasteiger partial charge in [0.1, 0.15) is 0 Å². The van der Waals surface area contributed by atoms with Gasteiger partial charge >= 0.3 is 0 Å². The first-order chi connectivity index (χ1) is 7.08. The third kappa shape index (κ3) is 1.75. The average molecular weight is 212 g/mol. The second-order valence-corrected chi connectivity index (χ2v) is 3.45. The quantitative estimate of drug-likeness (QED) is 0.584. The van der Waals surface area contributed by atoms with Crippen molar-refractivity contribution in [1.29, 1.82) is 0 Å². The van der Waals surface area contributed by atoms with E-state index in [-0.39, 0.29) is 5.69 Å². The number of hydrogen-bond donors (Lipinski definition) is 1. The van der Waals surface area contributed by atoms with E-state index in [1.165, 1.54) is 12.1 Å². The molecule has 1 fully saturated rings. The van der Waals surface area contributed by atoms with Gasteiger partial charge in [-0.2, -0.15) is 0 Å². The van der Waals surface area contributed by atoms with Crippen LogP contribution in [0.5, 0.6) is 0 Å². The second kappa shape index (κ2) is 3.47. The molecule has 0 unspecified atom stereocenters. The average Bonchev–Trinajstić information content (AvgIpc) is 2.13. The highest BCUT2D eigenvalue weighted by molar-refractivity contribution is 5.54. The molecule has 0 atom stereocenters. The fraction of sp³-hybridized carbons (Fsp3) is 0.333. The highest BCUT2D eigenvalue weighted by Gasteiger charge is 2.27. The Balaban J connectivity index is 2.23. The zero-order valence-electron chi connectivity index (χ0n) is 7.76. The molecule has 1 heterocycles. The Morgan fingerprint density at radius 3 is 2.67 bits per heavy atom. The van der Waals surface area contributed by atoms with Gasteiger partial charge in [0.25, 0.3) is 5.69 Å². The van der Waals surface area contributed by atoms with Crippen molar-refractivity contribution >= 4 is 11.4 Å². The number of benzene rings is 1. The summed E-state index contributed by atoms with van der Waals surface area (Å²) >= 11 is 0. The highest BCUT2D eigenvalue weighted by Crippen LogP contribution is 2.27. The summed E-state index contributed by atoms with van der Waals surface area (Å²) in [5.41, 5.74) is 0.0308. The van der Waals surface area contributed by atoms with Crippen LogP contribution in [0.15, 0.2) is 18.2 Å². The van der Waals surface area contributed by atoms with Crippen LogP contribution in [0.4, 0.5) is 15.8 Å². The van der Waals surface area contributed by atoms with E-state index in [4.69, 9.17) is 5.11 Å². The number of nitro benzene ring substituents is 1. The predicted molar refractivity (Wildman–Crippen MR) is 51.3 cm³/mol. The predicted octanol–water partition coefficient (Wildman–Crippen LogP) is 0.915. The zero-order chi connectivity index (χ0) is 11.0. The molecule has 0 bridgehead atoms. The highest BCUT2D eigenvalue weighted by atomic mass is 19.1. The van der Waals surface area contributed by atoms with Crippen molar-refractivity contribution in [2.45, 2.75) is 6.10 Å². The Hall–Kier alpha value is -1.69. The SMILES string of the molecule is O=[N+]([O-])c1ccc(N2CC(O)C2)c(F)c1. The number of anilines is 1. The zero-order valence-corrected chi connectivity index (χ0v) is 7.76. The number of nitro groups is 1. The van der Waals surface area contributed by atoms with E-state index in [1.54, 1.807) is 4.90 Å². The Kier molecular flexibility index (Phi) is 2.28. The van der Waals surface area contributed by atoms with E-state index in [1.807, 2.05) is 0 Å². The maximum absolute atomic E-state index is 13.4. The van der Waals surface area contributed by atoms with E-state index in [9.17, 15) is 14.5 Å². The van der Waals surface area contributed by atoms with Crippen LogP contribution in [-0.2, 0) is 0 Å². The summed E-state index contributed by atoms with van der Waals surface area (Å²) in [5.74, 6) is -0.629. The number of rotatable bonds is 2. The lowest BCUT2D eigenvalue weighted by atomic mass is 10.1. The van der Waals surface area contributed by atoms with Crippen molar-refractivity contribution in [1.82, 2.24) is 0 Å². The Morgan fingerprint density at radius 2 is 2.20 bits per heavy atom. The van der Waals surface area contributed by atoms with E-state index < -0.39 is 16.8 Å². The van der Waals surface area contributed by atoms with Crippen LogP contribution in [-0.4, -0.2) is 29.2 Å². The lowest BCUT2D eigenvalue weighted by molar-refractivity contribution is -0.385. The lowest BCUT2D eigenvalue weighted by Crippen LogP contribution is -2.51. The lowest BCUT2D eigenvalue weighted by Gasteiger charge is -2.37. The number of aliphatic hydroxyl groups excluding tert-OH is 1. The van der Waals surface area contributed by atoms with Crippen LogP contribution in [0.25, 0.3) is 0 Å². The first-order valence-corrected chi connectivity index (χ1v) is 4.45. The number of nitrogens with zero attached hydrogens (tertiary/aromatic N) is 2. The van der Waals surface area contributed by atoms with E-state index in [0.29, 0.717) is 18.8 Å². The molecule has 1 aliphatic heterocycles. The van der Waals surface area contributed by atoms with Crippen LogP contribution in [0.3, 0.4) is 0 Å². The molecule has 1 N–H and O–H groups in total. The molecule has 0 aromatic heterocycles. The summed E-state index contributed by atoms with van der Waals surface area (Å²) in [7, 11) is 0. The largest absolute Gasteiger partial charge is 0.389 e. The van der Waals surface area contributed by atoms with Gasteiger partial charge in [0, 0.05) is 19.2 Å². The Morgan fingerprint density at radius 1 is 1.53 bits per heavy atom. The third-order valence-electron chi connectivity index (χ3n) is 2.35. The molecule has 6 heteroatoms. The molecular weight excluding hydrogens is 203 g/mol. The van der Waals surface area contributed by atoms with Crippen molar-refractivity contribution in [2.75, 3.05) is 18.0 Å². The van der Waals surface area contributed by atoms with Crippen LogP contribution in [0.2, 0.25) is 0 Å². The first kappa shape index (κ1) is 9.85. The maximum Gasteiger partial charge on any atom is 0.272 e. The summed E-state index contributed by atoms with van der Waals surface area (Å²) in [4.78, 5) is 11.3. The van der Waals surface area contributed by atoms with Gasteiger partial charge in [0.2, 0.25) is 0 Å². The number of β-amino-alcohol motifs (C(OH)–C–C–N with tert-alkyl or cyclic N) is 1. The minimum atomic E-state index is -0.641. The van der Waals surface area contributed by atoms with Gasteiger partial charge in [-0.1, -0.05) is 0 Å². The van der Waals surface area contributed by atoms with E-state index in [0.717, 1.165) is 6.07 Å². The molecule has 0 radical (unpaired) electrons. The smallest absolute Gasteiger partial charge is 0.272 e. The molecule has 0 spiro atoms. The molecule has 1 aromatic carbocycles. The van der Waals surface area contributed by atoms with Crippen LogP contribution in [0, 0.1) is 15.9 Å². The topological polar surface area (TPSA) is 66.6 Å². The number of aliphatic hydroxyl groups is 1. The summed E-state index contributed by atoms with van der Waals surface area (Å²) in [6, 6.07) is 3.50. The molecule has 1 saturated heterocycles. The molecule has 80 valence electrons. The van der Waals surface area contributed by atoms with Crippen LogP contribution in [0.1, 0.15) is 0 Å². The standard InChI is InChI=1S/C9H9FN2O3/c10-8-3-6(12(14)15)1-2-9(8)11-4-7(13)5-11/h1-3,7,13H,4-5H2. The summed E-state index contributed by atoms with van der Waals surface area (Å²) in [6.07, 6.45) is -0.431. The molecule has 5 nitrogen and oxygen atoms in total. The van der Waals surface area contributed by atoms with Gasteiger partial charge in [-0.05, 0) is 6.07 Å². The van der Waals surface area contributed by atoms with Crippen molar-refractivity contribution in [3.8, 4) is 0 Å². The van der Waals surface area contributed by atoms with Crippen molar-refractivity contribution in [3.63, 3.8) is 0 Å². The first-order valence-electron chi connectivity index (χ1n) is 4.45. The van der Waals surface area contributed by atoms with Gasteiger partial charge in [-0.25, -0.2) is 4.39 Å². The Bertz CT molecular complexity index is 404. The van der Waals surface area contributed by atoms with Gasteiger partial charge < -0.3 is 10.0 Å². The Labute approximate surface area is 84.9 Å². The van der Waals surface area contributed by atoms with Gasteiger partial charge in [-0.3, -0.25) is 10.1 Å². The fourth-order valence-corrected chi connectivity index (χ4v) is 1.52. The molecule has 0 aliphatic carbocycles. The molecular formula is C9H9FN2O3. The van der Waals surface area contributed by atoms with Gasteiger partial charge in [0.15, 0.2) is 5.82 Å². The molecule has 1 aliphatic rings. The number of non-ortho nitro benzene ring substituents is 1. The van der Waals surface area contributed by atoms with Crippen molar-refractivity contribution < 1.29 is 14.4 Å². The minimum Gasteiger partial charge on any atom is -0.389 e. The monoisotopic (exact) mass is 212 g/mol. The molecule has 15 heavy (non-hydrogen) atoms. The van der Waals surface area contributed by atoms with Gasteiger partial charge in [-0.15, -0.1) is 0 Å². The normalized spacial score (nSPS) is 16.3. The summed E-state index contributed by atoms with van der Waals surface area (Å²) in [6.45, 7) is 0.740. The van der Waals surface area contributed by atoms with Crippen molar-refractivity contribution in [3.05, 3.63) is 34.1 Å². The molecule has 1 aromatic rings. The molecule has 0 saturated carbocycles. The molecule has 0 amide bonds. The van der Waals surface area contributed by atoms with Gasteiger partial charge in [0.05, 0.1) is 22.8 Å². The summed E-state index contributed by atoms with van der Waals surface area (Å²) < 4.78 is 13.4. The molecule has 2 rings (SSSR count). The van der Waals surface area contributed by atoms with Crippen LogP contribution >= 0.6 is 0 Å². The minimum absolute atomic E-state index is 0.266. The van der Waals surface area contributed by atoms with E-state index >= 15 is 0 Å². The number of halogens is 1. The van der Waals surface area contributed by atoms with Crippen LogP contribution < -0.4 is 4.90 Å². The number of hydrogen-bond acceptors (Lipinski definition) is 4. The fourth-order valence-electron chi connectivity index (χ4n) is 1.52. The second-order valence-electron chi connectivity index (χ2n) is 3.45.